The van der Waals surface area contributed by atoms with Gasteiger partial charge < -0.3 is 14.5 Å². The van der Waals surface area contributed by atoms with Gasteiger partial charge in [0.15, 0.2) is 0 Å². The van der Waals surface area contributed by atoms with E-state index in [1.165, 1.54) is 17.0 Å². The van der Waals surface area contributed by atoms with Crippen LogP contribution in [0.3, 0.4) is 0 Å². The number of pyridine rings is 1. The number of aromatic nitrogens is 1. The van der Waals surface area contributed by atoms with Gasteiger partial charge in [-0.3, -0.25) is 19.9 Å². The Morgan fingerprint density at radius 2 is 2.00 bits per heavy atom. The van der Waals surface area contributed by atoms with Crippen molar-refractivity contribution in [2.24, 2.45) is 0 Å². The molecule has 9 heteroatoms. The zero-order valence-corrected chi connectivity index (χ0v) is 17.4. The predicted octanol–water partition coefficient (Wildman–Crippen LogP) is 2.96. The fourth-order valence-corrected chi connectivity index (χ4v) is 4.44. The Balaban J connectivity index is 1.41. The van der Waals surface area contributed by atoms with Gasteiger partial charge in [0.2, 0.25) is 0 Å². The Bertz CT molecular complexity index is 977. The predicted molar refractivity (Wildman–Crippen MR) is 112 cm³/mol. The highest BCUT2D eigenvalue weighted by Crippen LogP contribution is 2.35. The summed E-state index contributed by atoms with van der Waals surface area (Å²) in [6.07, 6.45) is 2.80. The topological polar surface area (TPSA) is 88.8 Å². The van der Waals surface area contributed by atoms with Gasteiger partial charge in [0.25, 0.3) is 11.6 Å². The SMILES string of the molecule is CC1OC2(CCN(CCc3ncccc3[N+](=O)[O-])CC2)CN(c2ccccc2F)C1=O. The van der Waals surface area contributed by atoms with Crippen LogP contribution < -0.4 is 4.90 Å². The maximum atomic E-state index is 14.3. The summed E-state index contributed by atoms with van der Waals surface area (Å²) >= 11 is 0. The molecule has 0 aliphatic carbocycles. The first-order valence-electron chi connectivity index (χ1n) is 10.4. The number of carbonyl (C=O) groups excluding carboxylic acids is 1. The molecule has 0 N–H and O–H groups in total. The molecule has 1 unspecified atom stereocenters. The van der Waals surface area contributed by atoms with Gasteiger partial charge >= 0.3 is 0 Å². The lowest BCUT2D eigenvalue weighted by Crippen LogP contribution is -2.61. The third-order valence-electron chi connectivity index (χ3n) is 6.13. The van der Waals surface area contributed by atoms with E-state index in [2.05, 4.69) is 9.88 Å². The van der Waals surface area contributed by atoms with Gasteiger partial charge in [0.1, 0.15) is 17.6 Å². The zero-order valence-electron chi connectivity index (χ0n) is 17.4. The molecule has 31 heavy (non-hydrogen) atoms. The molecule has 1 spiro atoms. The molecule has 2 aliphatic heterocycles. The van der Waals surface area contributed by atoms with Crippen LogP contribution in [0.4, 0.5) is 15.8 Å². The number of nitro groups is 1. The number of piperidine rings is 1. The molecule has 2 aliphatic rings. The first-order chi connectivity index (χ1) is 14.9. The van der Waals surface area contributed by atoms with Crippen molar-refractivity contribution in [2.75, 3.05) is 31.1 Å². The van der Waals surface area contributed by atoms with E-state index in [4.69, 9.17) is 4.74 Å². The molecule has 0 radical (unpaired) electrons. The number of likely N-dealkylation sites (tertiary alicyclic amines) is 1. The number of benzene rings is 1. The molecule has 2 aromatic rings. The lowest BCUT2D eigenvalue weighted by atomic mass is 9.88. The van der Waals surface area contributed by atoms with Crippen LogP contribution in [-0.2, 0) is 16.0 Å². The summed E-state index contributed by atoms with van der Waals surface area (Å²) in [6, 6.07) is 9.34. The maximum Gasteiger partial charge on any atom is 0.290 e. The van der Waals surface area contributed by atoms with Crippen LogP contribution in [0.15, 0.2) is 42.6 Å². The van der Waals surface area contributed by atoms with Gasteiger partial charge in [0.05, 0.1) is 22.8 Å². The highest BCUT2D eigenvalue weighted by molar-refractivity contribution is 5.97. The van der Waals surface area contributed by atoms with Crippen LogP contribution in [0.2, 0.25) is 0 Å². The van der Waals surface area contributed by atoms with Crippen LogP contribution >= 0.6 is 0 Å². The Hall–Kier alpha value is -2.91. The minimum Gasteiger partial charge on any atom is -0.360 e. The lowest BCUT2D eigenvalue weighted by molar-refractivity contribution is -0.385. The third kappa shape index (κ3) is 4.42. The maximum absolute atomic E-state index is 14.3. The van der Waals surface area contributed by atoms with Crippen LogP contribution in [0.25, 0.3) is 0 Å². The largest absolute Gasteiger partial charge is 0.360 e. The first kappa shape index (κ1) is 21.3. The molecule has 3 heterocycles. The van der Waals surface area contributed by atoms with Gasteiger partial charge in [0, 0.05) is 38.3 Å². The average Bonchev–Trinajstić information content (AvgIpc) is 2.77. The quantitative estimate of drug-likeness (QED) is 0.537. The van der Waals surface area contributed by atoms with Gasteiger partial charge in [-0.2, -0.15) is 0 Å². The van der Waals surface area contributed by atoms with Crippen molar-refractivity contribution in [2.45, 2.75) is 37.9 Å². The first-order valence-corrected chi connectivity index (χ1v) is 10.4. The normalized spacial score (nSPS) is 21.4. The molecule has 4 rings (SSSR count). The third-order valence-corrected chi connectivity index (χ3v) is 6.13. The van der Waals surface area contributed by atoms with Crippen molar-refractivity contribution in [3.63, 3.8) is 0 Å². The fraction of sp³-hybridized carbons (Fsp3) is 0.455. The average molecular weight is 428 g/mol. The van der Waals surface area contributed by atoms with E-state index in [0.29, 0.717) is 38.0 Å². The number of para-hydroxylation sites is 1. The van der Waals surface area contributed by atoms with Crippen molar-refractivity contribution in [3.05, 3.63) is 64.2 Å². The second-order valence-corrected chi connectivity index (χ2v) is 8.14. The second kappa shape index (κ2) is 8.68. The molecule has 164 valence electrons. The number of halogens is 1. The summed E-state index contributed by atoms with van der Waals surface area (Å²) < 4.78 is 20.5. The zero-order chi connectivity index (χ0) is 22.0. The number of nitrogens with zero attached hydrogens (tertiary/aromatic N) is 4. The standard InChI is InChI=1S/C22H25FN4O4/c1-16-21(28)26(19-6-3-2-5-17(19)23)15-22(31-16)9-13-25(14-10-22)12-8-18-20(27(29)30)7-4-11-24-18/h2-7,11,16H,8-10,12-15H2,1H3. The smallest absolute Gasteiger partial charge is 0.290 e. The number of anilines is 1. The van der Waals surface area contributed by atoms with Gasteiger partial charge in [-0.05, 0) is 38.0 Å². The van der Waals surface area contributed by atoms with E-state index < -0.39 is 22.4 Å². The number of morpholine rings is 1. The minimum absolute atomic E-state index is 0.0412. The van der Waals surface area contributed by atoms with E-state index in [1.54, 1.807) is 37.4 Å². The summed E-state index contributed by atoms with van der Waals surface area (Å²) in [5.41, 5.74) is 0.279. The molecular weight excluding hydrogens is 403 g/mol. The van der Waals surface area contributed by atoms with Crippen molar-refractivity contribution in [1.29, 1.82) is 0 Å². The van der Waals surface area contributed by atoms with Crippen molar-refractivity contribution < 1.29 is 18.8 Å². The summed E-state index contributed by atoms with van der Waals surface area (Å²) in [4.78, 5) is 31.4. The molecule has 2 saturated heterocycles. The van der Waals surface area contributed by atoms with Crippen LogP contribution in [0, 0.1) is 15.9 Å². The van der Waals surface area contributed by atoms with Gasteiger partial charge in [-0.1, -0.05) is 12.1 Å². The summed E-state index contributed by atoms with van der Waals surface area (Å²) in [6.45, 7) is 4.14. The molecule has 2 fully saturated rings. The van der Waals surface area contributed by atoms with Crippen LogP contribution in [0.1, 0.15) is 25.5 Å². The van der Waals surface area contributed by atoms with E-state index in [9.17, 15) is 19.3 Å². The van der Waals surface area contributed by atoms with E-state index in [0.717, 1.165) is 13.1 Å². The van der Waals surface area contributed by atoms with Crippen molar-refractivity contribution in [3.8, 4) is 0 Å². The van der Waals surface area contributed by atoms with Gasteiger partial charge in [-0.25, -0.2) is 4.39 Å². The molecule has 0 bridgehead atoms. The number of amides is 1. The van der Waals surface area contributed by atoms with Crippen LogP contribution in [-0.4, -0.2) is 58.6 Å². The van der Waals surface area contributed by atoms with Gasteiger partial charge in [-0.15, -0.1) is 0 Å². The molecule has 1 atom stereocenters. The number of hydrogen-bond acceptors (Lipinski definition) is 6. The Labute approximate surface area is 179 Å². The Morgan fingerprint density at radius 1 is 1.26 bits per heavy atom. The van der Waals surface area contributed by atoms with Crippen LogP contribution in [0.5, 0.6) is 0 Å². The molecular formula is C22H25FN4O4. The lowest BCUT2D eigenvalue weighted by Gasteiger charge is -2.49. The Morgan fingerprint density at radius 3 is 2.71 bits per heavy atom. The van der Waals surface area contributed by atoms with E-state index in [1.807, 2.05) is 0 Å². The molecule has 1 amide bonds. The number of carbonyl (C=O) groups is 1. The molecule has 8 nitrogen and oxygen atoms in total. The van der Waals surface area contributed by atoms with Crippen molar-refractivity contribution in [1.82, 2.24) is 9.88 Å². The number of rotatable bonds is 5. The minimum atomic E-state index is -0.643. The van der Waals surface area contributed by atoms with E-state index in [-0.39, 0.29) is 17.3 Å². The summed E-state index contributed by atoms with van der Waals surface area (Å²) in [5.74, 6) is -0.657. The highest BCUT2D eigenvalue weighted by atomic mass is 19.1. The van der Waals surface area contributed by atoms with E-state index >= 15 is 0 Å². The summed E-state index contributed by atoms with van der Waals surface area (Å²) in [5, 5.41) is 11.2. The Kier molecular flexibility index (Phi) is 5.97. The summed E-state index contributed by atoms with van der Waals surface area (Å²) in [7, 11) is 0. The fourth-order valence-electron chi connectivity index (χ4n) is 4.44. The number of ether oxygens (including phenoxy) is 1. The van der Waals surface area contributed by atoms with Crippen molar-refractivity contribution >= 4 is 17.3 Å². The molecule has 1 aromatic carbocycles. The molecule has 1 aromatic heterocycles. The second-order valence-electron chi connectivity index (χ2n) is 8.14. The highest BCUT2D eigenvalue weighted by Gasteiger charge is 2.46. The number of hydrogen-bond donors (Lipinski definition) is 0. The molecule has 0 saturated carbocycles. The monoisotopic (exact) mass is 428 g/mol.